The molecule has 0 spiro atoms. The smallest absolute Gasteiger partial charge is 0.328 e. The van der Waals surface area contributed by atoms with Crippen LogP contribution < -0.4 is 11.2 Å². The number of carbonyl (C=O) groups is 2. The number of hydrogen-bond acceptors (Lipinski definition) is 4. The number of hydrogen-bond donors (Lipinski definition) is 2. The van der Waals surface area contributed by atoms with Gasteiger partial charge < -0.3 is 15.0 Å². The number of aromatic amines is 1. The maximum absolute atomic E-state index is 13.2. The molecule has 1 aromatic carbocycles. The van der Waals surface area contributed by atoms with Gasteiger partial charge in [-0.3, -0.25) is 14.2 Å². The lowest BCUT2D eigenvalue weighted by Gasteiger charge is -2.33. The van der Waals surface area contributed by atoms with Gasteiger partial charge in [0.2, 0.25) is 0 Å². The monoisotopic (exact) mass is 385 g/mol. The normalized spacial score (nSPS) is 24.3. The maximum atomic E-state index is 13.2. The molecule has 8 heteroatoms. The van der Waals surface area contributed by atoms with E-state index in [0.29, 0.717) is 11.8 Å². The van der Waals surface area contributed by atoms with Crippen molar-refractivity contribution in [2.75, 3.05) is 0 Å². The molecule has 1 aliphatic carbocycles. The van der Waals surface area contributed by atoms with Crippen LogP contribution in [-0.4, -0.2) is 43.5 Å². The van der Waals surface area contributed by atoms with Gasteiger partial charge in [0, 0.05) is 18.2 Å². The highest BCUT2D eigenvalue weighted by Crippen LogP contribution is 2.40. The summed E-state index contributed by atoms with van der Waals surface area (Å²) in [6.45, 7) is 1.96. The summed E-state index contributed by atoms with van der Waals surface area (Å²) in [5, 5.41) is 9.97. The molecule has 4 rings (SSSR count). The lowest BCUT2D eigenvalue weighted by Crippen LogP contribution is -2.46. The van der Waals surface area contributed by atoms with Gasteiger partial charge in [-0.15, -0.1) is 0 Å². The molecular formula is C20H23N3O5. The Morgan fingerprint density at radius 1 is 1.21 bits per heavy atom. The van der Waals surface area contributed by atoms with E-state index in [0.717, 1.165) is 30.3 Å². The molecule has 8 nitrogen and oxygen atoms in total. The number of likely N-dealkylation sites (tertiary alicyclic amines) is 1. The van der Waals surface area contributed by atoms with Crippen molar-refractivity contribution in [2.24, 2.45) is 5.92 Å². The number of H-pyrrole nitrogens is 1. The first kappa shape index (κ1) is 18.5. The Morgan fingerprint density at radius 3 is 2.68 bits per heavy atom. The molecule has 0 radical (unpaired) electrons. The maximum Gasteiger partial charge on any atom is 0.328 e. The number of amides is 1. The van der Waals surface area contributed by atoms with Gasteiger partial charge in [0.15, 0.2) is 0 Å². The summed E-state index contributed by atoms with van der Waals surface area (Å²) in [5.41, 5.74) is -0.357. The summed E-state index contributed by atoms with van der Waals surface area (Å²) in [6.07, 6.45) is 4.29. The van der Waals surface area contributed by atoms with Crippen LogP contribution in [0.1, 0.15) is 49.4 Å². The largest absolute Gasteiger partial charge is 0.480 e. The molecule has 1 saturated heterocycles. The first-order valence-corrected chi connectivity index (χ1v) is 9.74. The molecule has 2 N–H and O–H groups in total. The molecule has 2 fully saturated rings. The second kappa shape index (κ2) is 6.92. The Hall–Kier alpha value is -2.90. The van der Waals surface area contributed by atoms with Crippen molar-refractivity contribution in [3.05, 3.63) is 44.6 Å². The van der Waals surface area contributed by atoms with Gasteiger partial charge in [0.05, 0.1) is 10.9 Å². The van der Waals surface area contributed by atoms with Gasteiger partial charge in [0.25, 0.3) is 11.5 Å². The van der Waals surface area contributed by atoms with Gasteiger partial charge >= 0.3 is 11.7 Å². The highest BCUT2D eigenvalue weighted by Gasteiger charge is 2.47. The molecule has 2 aromatic rings. The standard InChI is InChI=1S/C20H23N3O5/c1-2-22-18(25)13-8-7-12(9-14(13)21-20(22)28)17(24)23-15-6-4-3-5-11(15)10-16(23)19(26)27/h7-9,11,15-16H,2-6,10H2,1H3,(H,21,28)(H,26,27)/t11-,15+,16-/m0/s1. The molecule has 1 aliphatic heterocycles. The third-order valence-electron chi connectivity index (χ3n) is 6.15. The zero-order chi connectivity index (χ0) is 20.0. The highest BCUT2D eigenvalue weighted by atomic mass is 16.4. The number of aliphatic carboxylic acids is 1. The molecule has 28 heavy (non-hydrogen) atoms. The summed E-state index contributed by atoms with van der Waals surface area (Å²) in [7, 11) is 0. The predicted octanol–water partition coefficient (Wildman–Crippen LogP) is 1.57. The number of nitrogens with one attached hydrogen (secondary N) is 1. The Bertz CT molecular complexity index is 1070. The first-order valence-electron chi connectivity index (χ1n) is 9.74. The molecule has 3 atom stereocenters. The van der Waals surface area contributed by atoms with Gasteiger partial charge in [-0.25, -0.2) is 9.59 Å². The van der Waals surface area contributed by atoms with E-state index >= 15 is 0 Å². The first-order chi connectivity index (χ1) is 13.4. The minimum absolute atomic E-state index is 0.0646. The number of carboxylic acid groups (broad SMARTS) is 1. The molecule has 1 saturated carbocycles. The zero-order valence-corrected chi connectivity index (χ0v) is 15.7. The Labute approximate surface area is 160 Å². The van der Waals surface area contributed by atoms with E-state index < -0.39 is 23.3 Å². The molecule has 0 bridgehead atoms. The number of benzene rings is 1. The molecule has 2 heterocycles. The van der Waals surface area contributed by atoms with E-state index in [1.165, 1.54) is 17.0 Å². The van der Waals surface area contributed by atoms with Crippen LogP contribution in [0.5, 0.6) is 0 Å². The summed E-state index contributed by atoms with van der Waals surface area (Å²) >= 11 is 0. The number of carboxylic acids is 1. The van der Waals surface area contributed by atoms with Crippen molar-refractivity contribution in [1.29, 1.82) is 0 Å². The van der Waals surface area contributed by atoms with Crippen LogP contribution >= 0.6 is 0 Å². The second-order valence-electron chi connectivity index (χ2n) is 7.65. The molecule has 1 amide bonds. The van der Waals surface area contributed by atoms with Crippen LogP contribution in [0.25, 0.3) is 10.9 Å². The minimum Gasteiger partial charge on any atom is -0.480 e. The van der Waals surface area contributed by atoms with E-state index in [-0.39, 0.29) is 35.5 Å². The summed E-state index contributed by atoms with van der Waals surface area (Å²) in [4.78, 5) is 53.7. The fraction of sp³-hybridized carbons (Fsp3) is 0.500. The van der Waals surface area contributed by atoms with E-state index in [9.17, 15) is 24.3 Å². The average Bonchev–Trinajstić information content (AvgIpc) is 3.07. The number of rotatable bonds is 3. The number of nitrogens with zero attached hydrogens (tertiary/aromatic N) is 2. The molecular weight excluding hydrogens is 362 g/mol. The van der Waals surface area contributed by atoms with Gasteiger partial charge in [0.1, 0.15) is 6.04 Å². The van der Waals surface area contributed by atoms with Crippen LogP contribution in [0, 0.1) is 5.92 Å². The van der Waals surface area contributed by atoms with Crippen molar-refractivity contribution in [3.8, 4) is 0 Å². The van der Waals surface area contributed by atoms with Crippen molar-refractivity contribution >= 4 is 22.8 Å². The topological polar surface area (TPSA) is 112 Å². The predicted molar refractivity (Wildman–Crippen MR) is 102 cm³/mol. The lowest BCUT2D eigenvalue weighted by molar-refractivity contribution is -0.141. The number of aromatic nitrogens is 2. The molecule has 2 aliphatic rings. The third-order valence-corrected chi connectivity index (χ3v) is 6.15. The summed E-state index contributed by atoms with van der Waals surface area (Å²) < 4.78 is 1.09. The van der Waals surface area contributed by atoms with Crippen molar-refractivity contribution in [2.45, 2.75) is 57.7 Å². The fourth-order valence-corrected chi connectivity index (χ4v) is 4.80. The van der Waals surface area contributed by atoms with Crippen LogP contribution in [-0.2, 0) is 11.3 Å². The van der Waals surface area contributed by atoms with Crippen molar-refractivity contribution < 1.29 is 14.7 Å². The Kier molecular flexibility index (Phi) is 4.56. The minimum atomic E-state index is -0.984. The summed E-state index contributed by atoms with van der Waals surface area (Å²) in [6, 6.07) is 3.65. The van der Waals surface area contributed by atoms with Crippen LogP contribution in [0.3, 0.4) is 0 Å². The third kappa shape index (κ3) is 2.83. The van der Waals surface area contributed by atoms with E-state index in [1.54, 1.807) is 13.0 Å². The second-order valence-corrected chi connectivity index (χ2v) is 7.65. The fourth-order valence-electron chi connectivity index (χ4n) is 4.80. The molecule has 0 unspecified atom stereocenters. The van der Waals surface area contributed by atoms with Crippen molar-refractivity contribution in [3.63, 3.8) is 0 Å². The molecule has 1 aromatic heterocycles. The zero-order valence-electron chi connectivity index (χ0n) is 15.7. The quantitative estimate of drug-likeness (QED) is 0.833. The van der Waals surface area contributed by atoms with Crippen LogP contribution in [0.4, 0.5) is 0 Å². The Morgan fingerprint density at radius 2 is 1.96 bits per heavy atom. The average molecular weight is 385 g/mol. The number of carbonyl (C=O) groups excluding carboxylic acids is 1. The van der Waals surface area contributed by atoms with Gasteiger partial charge in [-0.1, -0.05) is 12.8 Å². The van der Waals surface area contributed by atoms with E-state index in [1.807, 2.05) is 0 Å². The van der Waals surface area contributed by atoms with Gasteiger partial charge in [-0.05, 0) is 50.3 Å². The SMILES string of the molecule is CCn1c(=O)[nH]c2cc(C(=O)N3[C@@H]4CCCC[C@H]4C[C@H]3C(=O)O)ccc2c1=O. The lowest BCUT2D eigenvalue weighted by atomic mass is 9.84. The van der Waals surface area contributed by atoms with Gasteiger partial charge in [-0.2, -0.15) is 0 Å². The molecule has 148 valence electrons. The van der Waals surface area contributed by atoms with Crippen molar-refractivity contribution in [1.82, 2.24) is 14.5 Å². The number of fused-ring (bicyclic) bond motifs is 2. The van der Waals surface area contributed by atoms with E-state index in [4.69, 9.17) is 0 Å². The Balaban J connectivity index is 1.76. The summed E-state index contributed by atoms with van der Waals surface area (Å²) in [5.74, 6) is -1.12. The van der Waals surface area contributed by atoms with Crippen LogP contribution in [0.15, 0.2) is 27.8 Å². The van der Waals surface area contributed by atoms with E-state index in [2.05, 4.69) is 4.98 Å². The van der Waals surface area contributed by atoms with Crippen LogP contribution in [0.2, 0.25) is 0 Å². The highest BCUT2D eigenvalue weighted by molar-refractivity contribution is 6.00.